The molecule has 1 aromatic heterocycles. The van der Waals surface area contributed by atoms with Crippen LogP contribution in [0, 0.1) is 32.1 Å². The molecular weight excluding hydrogens is 324 g/mol. The summed E-state index contributed by atoms with van der Waals surface area (Å²) >= 11 is 0. The minimum absolute atomic E-state index is 0.247. The minimum atomic E-state index is -0.247. The van der Waals surface area contributed by atoms with Gasteiger partial charge in [-0.15, -0.1) is 0 Å². The Morgan fingerprint density at radius 3 is 2.65 bits per heavy atom. The van der Waals surface area contributed by atoms with E-state index in [1.165, 1.54) is 5.56 Å². The molecule has 1 amide bonds. The number of rotatable bonds is 4. The predicted octanol–water partition coefficient (Wildman–Crippen LogP) is 3.98. The molecule has 1 N–H and O–H groups in total. The highest BCUT2D eigenvalue weighted by atomic mass is 16.1. The maximum atomic E-state index is 12.5. The summed E-state index contributed by atoms with van der Waals surface area (Å²) in [6.07, 6.45) is 0. The van der Waals surface area contributed by atoms with Crippen LogP contribution < -0.4 is 5.32 Å². The first-order valence-corrected chi connectivity index (χ1v) is 8.39. The monoisotopic (exact) mass is 344 g/mol. The van der Waals surface area contributed by atoms with E-state index in [1.807, 2.05) is 30.7 Å². The molecule has 2 aromatic carbocycles. The first-order valence-electron chi connectivity index (χ1n) is 8.39. The van der Waals surface area contributed by atoms with Crippen LogP contribution in [0.15, 0.2) is 48.5 Å². The topological polar surface area (TPSA) is 70.7 Å². The van der Waals surface area contributed by atoms with Crippen molar-refractivity contribution in [2.24, 2.45) is 0 Å². The molecule has 0 saturated carbocycles. The molecule has 3 aromatic rings. The number of nitrogens with zero attached hydrogens (tertiary/aromatic N) is 3. The Bertz CT molecular complexity index is 1010. The van der Waals surface area contributed by atoms with Crippen LogP contribution in [0.4, 0.5) is 5.69 Å². The molecule has 0 saturated heterocycles. The molecule has 0 aliphatic carbocycles. The molecule has 0 radical (unpaired) electrons. The molecule has 0 aliphatic heterocycles. The Hall–Kier alpha value is -3.39. The van der Waals surface area contributed by atoms with E-state index in [9.17, 15) is 4.79 Å². The predicted molar refractivity (Wildman–Crippen MR) is 101 cm³/mol. The van der Waals surface area contributed by atoms with Crippen LogP contribution in [0.2, 0.25) is 0 Å². The van der Waals surface area contributed by atoms with Gasteiger partial charge in [0.1, 0.15) is 0 Å². The fourth-order valence-corrected chi connectivity index (χ4v) is 2.93. The summed E-state index contributed by atoms with van der Waals surface area (Å²) < 4.78 is 1.89. The first kappa shape index (κ1) is 17.4. The largest absolute Gasteiger partial charge is 0.319 e. The standard InChI is InChI=1S/C21H20N4O/c1-14-6-4-8-18(10-14)13-25-16(3)20(15(2)24-25)23-21(26)19-9-5-7-17(11-19)12-22/h4-11H,13H2,1-3H3,(H,23,26). The number of aromatic nitrogens is 2. The van der Waals surface area contributed by atoms with Crippen molar-refractivity contribution in [1.29, 1.82) is 5.26 Å². The van der Waals surface area contributed by atoms with E-state index in [0.717, 1.165) is 17.0 Å². The van der Waals surface area contributed by atoms with Crippen molar-refractivity contribution in [3.63, 3.8) is 0 Å². The number of anilines is 1. The van der Waals surface area contributed by atoms with E-state index in [-0.39, 0.29) is 5.91 Å². The number of benzene rings is 2. The van der Waals surface area contributed by atoms with Crippen LogP contribution >= 0.6 is 0 Å². The van der Waals surface area contributed by atoms with Gasteiger partial charge in [0.15, 0.2) is 0 Å². The van der Waals surface area contributed by atoms with Crippen LogP contribution in [0.25, 0.3) is 0 Å². The van der Waals surface area contributed by atoms with E-state index in [4.69, 9.17) is 5.26 Å². The third kappa shape index (κ3) is 3.65. The van der Waals surface area contributed by atoms with E-state index >= 15 is 0 Å². The smallest absolute Gasteiger partial charge is 0.255 e. The van der Waals surface area contributed by atoms with Gasteiger partial charge < -0.3 is 5.32 Å². The first-order chi connectivity index (χ1) is 12.5. The lowest BCUT2D eigenvalue weighted by Crippen LogP contribution is -2.13. The Morgan fingerprint density at radius 1 is 1.15 bits per heavy atom. The summed E-state index contributed by atoms with van der Waals surface area (Å²) in [7, 11) is 0. The zero-order chi connectivity index (χ0) is 18.7. The van der Waals surface area contributed by atoms with Crippen LogP contribution in [-0.2, 0) is 6.54 Å². The molecule has 0 spiro atoms. The average Bonchev–Trinajstić information content (AvgIpc) is 2.89. The SMILES string of the molecule is Cc1cccc(Cn2nc(C)c(NC(=O)c3cccc(C#N)c3)c2C)c1. The van der Waals surface area contributed by atoms with Gasteiger partial charge in [0.25, 0.3) is 5.91 Å². The van der Waals surface area contributed by atoms with Crippen LogP contribution in [0.5, 0.6) is 0 Å². The van der Waals surface area contributed by atoms with Gasteiger partial charge in [0, 0.05) is 5.56 Å². The number of amides is 1. The fourth-order valence-electron chi connectivity index (χ4n) is 2.93. The number of carbonyl (C=O) groups excluding carboxylic acids is 1. The van der Waals surface area contributed by atoms with Gasteiger partial charge in [-0.05, 0) is 44.5 Å². The molecule has 130 valence electrons. The molecule has 5 nitrogen and oxygen atoms in total. The number of hydrogen-bond acceptors (Lipinski definition) is 3. The van der Waals surface area contributed by atoms with Gasteiger partial charge in [-0.1, -0.05) is 35.9 Å². The molecule has 0 atom stereocenters. The average molecular weight is 344 g/mol. The summed E-state index contributed by atoms with van der Waals surface area (Å²) in [5, 5.41) is 16.5. The fraction of sp³-hybridized carbons (Fsp3) is 0.190. The summed E-state index contributed by atoms with van der Waals surface area (Å²) in [4.78, 5) is 12.5. The van der Waals surface area contributed by atoms with Gasteiger partial charge >= 0.3 is 0 Å². The molecule has 0 unspecified atom stereocenters. The van der Waals surface area contributed by atoms with Crippen molar-refractivity contribution in [1.82, 2.24) is 9.78 Å². The van der Waals surface area contributed by atoms with Crippen molar-refractivity contribution in [3.8, 4) is 6.07 Å². The normalized spacial score (nSPS) is 10.4. The molecule has 0 bridgehead atoms. The molecule has 0 aliphatic rings. The maximum Gasteiger partial charge on any atom is 0.255 e. The second-order valence-corrected chi connectivity index (χ2v) is 6.34. The molecule has 3 rings (SSSR count). The number of carbonyl (C=O) groups is 1. The molecule has 26 heavy (non-hydrogen) atoms. The van der Waals surface area contributed by atoms with Crippen molar-refractivity contribution in [3.05, 3.63) is 82.2 Å². The molecule has 1 heterocycles. The van der Waals surface area contributed by atoms with E-state index in [0.29, 0.717) is 23.4 Å². The Labute approximate surface area is 152 Å². The van der Waals surface area contributed by atoms with Crippen molar-refractivity contribution in [2.75, 3.05) is 5.32 Å². The Morgan fingerprint density at radius 2 is 1.92 bits per heavy atom. The lowest BCUT2D eigenvalue weighted by atomic mass is 10.1. The lowest BCUT2D eigenvalue weighted by Gasteiger charge is -2.08. The number of hydrogen-bond donors (Lipinski definition) is 1. The number of nitriles is 1. The van der Waals surface area contributed by atoms with Gasteiger partial charge in [0.05, 0.1) is 35.3 Å². The lowest BCUT2D eigenvalue weighted by molar-refractivity contribution is 0.102. The third-order valence-corrected chi connectivity index (χ3v) is 4.29. The maximum absolute atomic E-state index is 12.5. The van der Waals surface area contributed by atoms with Gasteiger partial charge in [-0.3, -0.25) is 9.48 Å². The zero-order valence-electron chi connectivity index (χ0n) is 15.1. The van der Waals surface area contributed by atoms with Crippen molar-refractivity contribution >= 4 is 11.6 Å². The minimum Gasteiger partial charge on any atom is -0.319 e. The molecule has 5 heteroatoms. The zero-order valence-corrected chi connectivity index (χ0v) is 15.1. The third-order valence-electron chi connectivity index (χ3n) is 4.29. The summed E-state index contributed by atoms with van der Waals surface area (Å²) in [5.41, 5.74) is 5.65. The second-order valence-electron chi connectivity index (χ2n) is 6.34. The van der Waals surface area contributed by atoms with Gasteiger partial charge in [0.2, 0.25) is 0 Å². The van der Waals surface area contributed by atoms with E-state index in [2.05, 4.69) is 35.5 Å². The Kier molecular flexibility index (Phi) is 4.85. The van der Waals surface area contributed by atoms with E-state index < -0.39 is 0 Å². The molecular formula is C21H20N4O. The van der Waals surface area contributed by atoms with Crippen LogP contribution in [0.1, 0.15) is 38.4 Å². The van der Waals surface area contributed by atoms with Gasteiger partial charge in [-0.2, -0.15) is 10.4 Å². The van der Waals surface area contributed by atoms with Crippen LogP contribution in [-0.4, -0.2) is 15.7 Å². The second kappa shape index (κ2) is 7.24. The van der Waals surface area contributed by atoms with Crippen LogP contribution in [0.3, 0.4) is 0 Å². The summed E-state index contributed by atoms with van der Waals surface area (Å²) in [5.74, 6) is -0.247. The summed E-state index contributed by atoms with van der Waals surface area (Å²) in [6.45, 7) is 6.53. The highest BCUT2D eigenvalue weighted by molar-refractivity contribution is 6.05. The number of nitrogens with one attached hydrogen (secondary N) is 1. The van der Waals surface area contributed by atoms with Gasteiger partial charge in [-0.25, -0.2) is 0 Å². The Balaban J connectivity index is 1.84. The van der Waals surface area contributed by atoms with Crippen molar-refractivity contribution < 1.29 is 4.79 Å². The quantitative estimate of drug-likeness (QED) is 0.778. The highest BCUT2D eigenvalue weighted by Gasteiger charge is 2.15. The highest BCUT2D eigenvalue weighted by Crippen LogP contribution is 2.21. The molecule has 0 fully saturated rings. The van der Waals surface area contributed by atoms with E-state index in [1.54, 1.807) is 24.3 Å². The van der Waals surface area contributed by atoms with Crippen molar-refractivity contribution in [2.45, 2.75) is 27.3 Å². The summed E-state index contributed by atoms with van der Waals surface area (Å²) in [6, 6.07) is 17.0. The number of aryl methyl sites for hydroxylation is 2.